The number of benzene rings is 2. The molecule has 0 bridgehead atoms. The predicted octanol–water partition coefficient (Wildman–Crippen LogP) is 3.93. The fourth-order valence-corrected chi connectivity index (χ4v) is 2.92. The standard InChI is InChI=1S/C18H19BrN2O2/c1-13-12-23-11-10-21(13)17-8-6-16(7-9-17)20-18(22)14-2-4-15(19)5-3-14/h2-9,13H,10-12H2,1H3,(H,20,22). The second-order valence-corrected chi connectivity index (χ2v) is 6.54. The van der Waals surface area contributed by atoms with Crippen LogP contribution in [0.15, 0.2) is 53.0 Å². The second kappa shape index (κ2) is 7.15. The normalized spacial score (nSPS) is 17.8. The predicted molar refractivity (Wildman–Crippen MR) is 96.2 cm³/mol. The van der Waals surface area contributed by atoms with E-state index in [0.29, 0.717) is 11.6 Å². The molecule has 1 aliphatic heterocycles. The molecule has 1 heterocycles. The molecule has 1 amide bonds. The summed E-state index contributed by atoms with van der Waals surface area (Å²) in [5, 5.41) is 2.92. The Morgan fingerprint density at radius 3 is 2.52 bits per heavy atom. The fourth-order valence-electron chi connectivity index (χ4n) is 2.65. The number of nitrogens with zero attached hydrogens (tertiary/aromatic N) is 1. The van der Waals surface area contributed by atoms with E-state index < -0.39 is 0 Å². The van der Waals surface area contributed by atoms with E-state index in [9.17, 15) is 4.79 Å². The van der Waals surface area contributed by atoms with Gasteiger partial charge in [0.2, 0.25) is 0 Å². The molecule has 1 aliphatic rings. The molecule has 0 radical (unpaired) electrons. The molecule has 0 aliphatic carbocycles. The molecule has 4 nitrogen and oxygen atoms in total. The molecule has 23 heavy (non-hydrogen) atoms. The van der Waals surface area contributed by atoms with Crippen molar-refractivity contribution in [1.29, 1.82) is 0 Å². The lowest BCUT2D eigenvalue weighted by molar-refractivity contribution is 0.0989. The van der Waals surface area contributed by atoms with Crippen LogP contribution in [0.4, 0.5) is 11.4 Å². The highest BCUT2D eigenvalue weighted by molar-refractivity contribution is 9.10. The van der Waals surface area contributed by atoms with E-state index in [1.807, 2.05) is 36.4 Å². The Bertz CT molecular complexity index is 670. The van der Waals surface area contributed by atoms with Crippen LogP contribution in [0.3, 0.4) is 0 Å². The van der Waals surface area contributed by atoms with E-state index in [2.05, 4.69) is 33.1 Å². The summed E-state index contributed by atoms with van der Waals surface area (Å²) in [5.74, 6) is -0.106. The third kappa shape index (κ3) is 3.92. The van der Waals surface area contributed by atoms with Crippen molar-refractivity contribution in [2.45, 2.75) is 13.0 Å². The van der Waals surface area contributed by atoms with Crippen molar-refractivity contribution in [2.24, 2.45) is 0 Å². The molecule has 120 valence electrons. The number of rotatable bonds is 3. The lowest BCUT2D eigenvalue weighted by Gasteiger charge is -2.35. The van der Waals surface area contributed by atoms with Gasteiger partial charge < -0.3 is 15.0 Å². The van der Waals surface area contributed by atoms with Crippen LogP contribution in [0.2, 0.25) is 0 Å². The monoisotopic (exact) mass is 374 g/mol. The van der Waals surface area contributed by atoms with Crippen molar-refractivity contribution >= 4 is 33.2 Å². The first-order chi connectivity index (χ1) is 11.1. The zero-order valence-electron chi connectivity index (χ0n) is 13.0. The SMILES string of the molecule is CC1COCCN1c1ccc(NC(=O)c2ccc(Br)cc2)cc1. The summed E-state index contributed by atoms with van der Waals surface area (Å²) in [5.41, 5.74) is 2.59. The summed E-state index contributed by atoms with van der Waals surface area (Å²) in [7, 11) is 0. The fraction of sp³-hybridized carbons (Fsp3) is 0.278. The lowest BCUT2D eigenvalue weighted by atomic mass is 10.2. The Balaban J connectivity index is 1.67. The maximum Gasteiger partial charge on any atom is 0.255 e. The quantitative estimate of drug-likeness (QED) is 0.884. The van der Waals surface area contributed by atoms with E-state index in [4.69, 9.17) is 4.74 Å². The molecular formula is C18H19BrN2O2. The molecule has 2 aromatic carbocycles. The van der Waals surface area contributed by atoms with Gasteiger partial charge >= 0.3 is 0 Å². The number of morpholine rings is 1. The Kier molecular flexibility index (Phi) is 4.98. The van der Waals surface area contributed by atoms with E-state index in [1.165, 1.54) is 0 Å². The summed E-state index contributed by atoms with van der Waals surface area (Å²) in [6, 6.07) is 15.6. The molecule has 0 saturated carbocycles. The summed E-state index contributed by atoms with van der Waals surface area (Å²) >= 11 is 3.37. The summed E-state index contributed by atoms with van der Waals surface area (Å²) < 4.78 is 6.42. The smallest absolute Gasteiger partial charge is 0.255 e. The van der Waals surface area contributed by atoms with Crippen molar-refractivity contribution in [3.05, 3.63) is 58.6 Å². The summed E-state index contributed by atoms with van der Waals surface area (Å²) in [6.07, 6.45) is 0. The minimum absolute atomic E-state index is 0.106. The van der Waals surface area contributed by atoms with Crippen molar-refractivity contribution in [2.75, 3.05) is 30.0 Å². The highest BCUT2D eigenvalue weighted by Crippen LogP contribution is 2.22. The second-order valence-electron chi connectivity index (χ2n) is 5.63. The van der Waals surface area contributed by atoms with Crippen molar-refractivity contribution in [1.82, 2.24) is 0 Å². The molecular weight excluding hydrogens is 356 g/mol. The molecule has 3 rings (SSSR count). The van der Waals surface area contributed by atoms with Crippen LogP contribution >= 0.6 is 15.9 Å². The van der Waals surface area contributed by atoms with Crippen LogP contribution in [-0.2, 0) is 4.74 Å². The average Bonchev–Trinajstić information content (AvgIpc) is 2.57. The van der Waals surface area contributed by atoms with Gasteiger partial charge in [-0.3, -0.25) is 4.79 Å². The minimum atomic E-state index is -0.106. The summed E-state index contributed by atoms with van der Waals surface area (Å²) in [6.45, 7) is 4.56. The zero-order valence-corrected chi connectivity index (χ0v) is 14.5. The number of halogens is 1. The van der Waals surface area contributed by atoms with Gasteiger partial charge in [-0.25, -0.2) is 0 Å². The third-order valence-electron chi connectivity index (χ3n) is 3.93. The Morgan fingerprint density at radius 2 is 1.87 bits per heavy atom. The molecule has 5 heteroatoms. The maximum atomic E-state index is 12.2. The van der Waals surface area contributed by atoms with E-state index in [0.717, 1.165) is 35.6 Å². The number of ether oxygens (including phenoxy) is 1. The van der Waals surface area contributed by atoms with Crippen LogP contribution in [0.5, 0.6) is 0 Å². The van der Waals surface area contributed by atoms with Gasteiger partial charge in [0.05, 0.1) is 13.2 Å². The average molecular weight is 375 g/mol. The Morgan fingerprint density at radius 1 is 1.17 bits per heavy atom. The van der Waals surface area contributed by atoms with Crippen molar-refractivity contribution in [3.8, 4) is 0 Å². The Labute approximate surface area is 144 Å². The van der Waals surface area contributed by atoms with Gasteiger partial charge in [0, 0.05) is 34.0 Å². The van der Waals surface area contributed by atoms with Gasteiger partial charge in [-0.15, -0.1) is 0 Å². The first kappa shape index (κ1) is 16.0. The number of carbonyl (C=O) groups excluding carboxylic acids is 1. The number of hydrogen-bond acceptors (Lipinski definition) is 3. The van der Waals surface area contributed by atoms with Crippen molar-refractivity contribution in [3.63, 3.8) is 0 Å². The third-order valence-corrected chi connectivity index (χ3v) is 4.46. The molecule has 1 atom stereocenters. The van der Waals surface area contributed by atoms with E-state index >= 15 is 0 Å². The van der Waals surface area contributed by atoms with E-state index in [-0.39, 0.29) is 5.91 Å². The first-order valence-electron chi connectivity index (χ1n) is 7.65. The van der Waals surface area contributed by atoms with Gasteiger partial charge in [0.25, 0.3) is 5.91 Å². The maximum absolute atomic E-state index is 12.2. The number of nitrogens with one attached hydrogen (secondary N) is 1. The van der Waals surface area contributed by atoms with Gasteiger partial charge in [0.15, 0.2) is 0 Å². The van der Waals surface area contributed by atoms with Gasteiger partial charge in [0.1, 0.15) is 0 Å². The van der Waals surface area contributed by atoms with Crippen molar-refractivity contribution < 1.29 is 9.53 Å². The topological polar surface area (TPSA) is 41.6 Å². The number of hydrogen-bond donors (Lipinski definition) is 1. The first-order valence-corrected chi connectivity index (χ1v) is 8.44. The van der Waals surface area contributed by atoms with Crippen LogP contribution in [0, 0.1) is 0 Å². The zero-order chi connectivity index (χ0) is 16.2. The number of anilines is 2. The molecule has 1 N–H and O–H groups in total. The van der Waals surface area contributed by atoms with Gasteiger partial charge in [-0.05, 0) is 55.5 Å². The Hall–Kier alpha value is -1.85. The number of amides is 1. The lowest BCUT2D eigenvalue weighted by Crippen LogP contribution is -2.43. The molecule has 2 aromatic rings. The minimum Gasteiger partial charge on any atom is -0.377 e. The summed E-state index contributed by atoms with van der Waals surface area (Å²) in [4.78, 5) is 14.5. The van der Waals surface area contributed by atoms with E-state index in [1.54, 1.807) is 12.1 Å². The van der Waals surface area contributed by atoms with Crippen LogP contribution in [-0.4, -0.2) is 31.7 Å². The van der Waals surface area contributed by atoms with Crippen LogP contribution < -0.4 is 10.2 Å². The molecule has 1 saturated heterocycles. The van der Waals surface area contributed by atoms with Gasteiger partial charge in [-0.1, -0.05) is 15.9 Å². The van der Waals surface area contributed by atoms with Crippen LogP contribution in [0.1, 0.15) is 17.3 Å². The molecule has 1 fully saturated rings. The highest BCUT2D eigenvalue weighted by atomic mass is 79.9. The largest absolute Gasteiger partial charge is 0.377 e. The highest BCUT2D eigenvalue weighted by Gasteiger charge is 2.18. The molecule has 0 aromatic heterocycles. The molecule has 0 spiro atoms. The van der Waals surface area contributed by atoms with Gasteiger partial charge in [-0.2, -0.15) is 0 Å². The van der Waals surface area contributed by atoms with Crippen LogP contribution in [0.25, 0.3) is 0 Å². The molecule has 1 unspecified atom stereocenters. The number of carbonyl (C=O) groups is 1.